The summed E-state index contributed by atoms with van der Waals surface area (Å²) in [6.07, 6.45) is 3.52. The Labute approximate surface area is 151 Å². The van der Waals surface area contributed by atoms with Gasteiger partial charge in [0.15, 0.2) is 17.6 Å². The maximum Gasteiger partial charge on any atom is 0.340 e. The summed E-state index contributed by atoms with van der Waals surface area (Å²) in [5, 5.41) is 0. The highest BCUT2D eigenvalue weighted by Crippen LogP contribution is 2.21. The smallest absolute Gasteiger partial charge is 0.340 e. The van der Waals surface area contributed by atoms with Crippen molar-refractivity contribution in [2.75, 3.05) is 6.61 Å². The van der Waals surface area contributed by atoms with Gasteiger partial charge in [-0.25, -0.2) is 13.9 Å². The number of ketones is 1. The highest BCUT2D eigenvalue weighted by atomic mass is 16.5. The van der Waals surface area contributed by atoms with Crippen molar-refractivity contribution in [2.24, 2.45) is 0 Å². The largest absolute Gasteiger partial charge is 0.462 e. The van der Waals surface area contributed by atoms with Crippen LogP contribution >= 0.6 is 0 Å². The van der Waals surface area contributed by atoms with Gasteiger partial charge >= 0.3 is 5.97 Å². The number of nitrogens with one attached hydrogen (secondary N) is 1. The van der Waals surface area contributed by atoms with Gasteiger partial charge in [0.25, 0.3) is 0 Å². The van der Waals surface area contributed by atoms with Crippen molar-refractivity contribution in [1.29, 1.82) is 0 Å². The Hall–Kier alpha value is -3.15. The molecule has 134 valence electrons. The zero-order valence-corrected chi connectivity index (χ0v) is 15.2. The number of esters is 1. The molecule has 6 heteroatoms. The third kappa shape index (κ3) is 2.94. The Bertz CT molecular complexity index is 1010. The number of aryl methyl sites for hydroxylation is 2. The summed E-state index contributed by atoms with van der Waals surface area (Å²) in [5.74, 6) is -0.622. The van der Waals surface area contributed by atoms with E-state index in [0.717, 1.165) is 11.0 Å². The second kappa shape index (κ2) is 7.00. The number of aromatic nitrogens is 3. The third-order valence-electron chi connectivity index (χ3n) is 4.38. The molecule has 1 N–H and O–H groups in total. The molecule has 2 aromatic heterocycles. The van der Waals surface area contributed by atoms with Gasteiger partial charge in [-0.05, 0) is 32.9 Å². The zero-order chi connectivity index (χ0) is 18.8. The summed E-state index contributed by atoms with van der Waals surface area (Å²) in [6.45, 7) is 9.49. The first kappa shape index (κ1) is 17.7. The third-order valence-corrected chi connectivity index (χ3v) is 4.38. The van der Waals surface area contributed by atoms with E-state index in [1.54, 1.807) is 27.0 Å². The average molecular weight is 352 g/mol. The van der Waals surface area contributed by atoms with Gasteiger partial charge in [0.05, 0.1) is 23.9 Å². The normalized spacial score (nSPS) is 10.9. The molecule has 2 heterocycles. The van der Waals surface area contributed by atoms with Crippen molar-refractivity contribution in [3.63, 3.8) is 0 Å². The summed E-state index contributed by atoms with van der Waals surface area (Å²) >= 11 is 0. The summed E-state index contributed by atoms with van der Waals surface area (Å²) < 4.78 is 8.84. The molecule has 0 spiro atoms. The average Bonchev–Trinajstić information content (AvgIpc) is 3.12. The summed E-state index contributed by atoms with van der Waals surface area (Å²) in [6, 6.07) is 7.78. The van der Waals surface area contributed by atoms with E-state index in [9.17, 15) is 9.59 Å². The van der Waals surface area contributed by atoms with Gasteiger partial charge in [-0.15, -0.1) is 0 Å². The maximum absolute atomic E-state index is 13.0. The van der Waals surface area contributed by atoms with E-state index < -0.39 is 5.97 Å². The van der Waals surface area contributed by atoms with Crippen molar-refractivity contribution in [1.82, 2.24) is 9.55 Å². The Morgan fingerprint density at radius 1 is 1.23 bits per heavy atom. The monoisotopic (exact) mass is 352 g/mol. The highest BCUT2D eigenvalue weighted by Gasteiger charge is 2.27. The number of H-pyrrole nitrogens is 1. The number of ether oxygens (including phenoxy) is 1. The minimum absolute atomic E-state index is 0.117. The standard InChI is InChI=1S/C20H21N3O3/c1-5-22-12-23(16-10-8-7-9-15(16)22)11-17(24)18-13(3)21-14(4)19(18)20(25)26-6-2/h5,7-10,12H,1,6,11H2,2-4H3/p+1. The Balaban J connectivity index is 2.02. The highest BCUT2D eigenvalue weighted by molar-refractivity contribution is 6.07. The molecule has 0 fully saturated rings. The van der Waals surface area contributed by atoms with Gasteiger partial charge in [-0.2, -0.15) is 0 Å². The summed E-state index contributed by atoms with van der Waals surface area (Å²) in [5.41, 5.74) is 3.91. The molecule has 0 aliphatic carbocycles. The van der Waals surface area contributed by atoms with E-state index in [-0.39, 0.29) is 18.9 Å². The summed E-state index contributed by atoms with van der Waals surface area (Å²) in [4.78, 5) is 28.4. The van der Waals surface area contributed by atoms with Crippen LogP contribution in [-0.2, 0) is 11.3 Å². The summed E-state index contributed by atoms with van der Waals surface area (Å²) in [7, 11) is 0. The Morgan fingerprint density at radius 3 is 2.62 bits per heavy atom. The van der Waals surface area contributed by atoms with Gasteiger partial charge in [0, 0.05) is 11.4 Å². The predicted octanol–water partition coefficient (Wildman–Crippen LogP) is 3.03. The Morgan fingerprint density at radius 2 is 1.92 bits per heavy atom. The van der Waals surface area contributed by atoms with E-state index in [1.807, 2.05) is 39.7 Å². The fraction of sp³-hybridized carbons (Fsp3) is 0.250. The van der Waals surface area contributed by atoms with E-state index in [1.165, 1.54) is 0 Å². The number of Topliss-reactive ketones (excluding diaryl/α,β-unsaturated/α-hetero) is 1. The molecular weight excluding hydrogens is 330 g/mol. The molecular formula is C20H22N3O3+. The number of fused-ring (bicyclic) bond motifs is 1. The van der Waals surface area contributed by atoms with Crippen LogP contribution in [0.2, 0.25) is 0 Å². The topological polar surface area (TPSA) is 68.0 Å². The van der Waals surface area contributed by atoms with Crippen LogP contribution in [0.1, 0.15) is 39.0 Å². The lowest BCUT2D eigenvalue weighted by atomic mass is 10.0. The first-order valence-corrected chi connectivity index (χ1v) is 8.49. The molecule has 0 aliphatic rings. The lowest BCUT2D eigenvalue weighted by Gasteiger charge is -2.05. The first-order chi connectivity index (χ1) is 12.5. The fourth-order valence-corrected chi connectivity index (χ4v) is 3.29. The lowest BCUT2D eigenvalue weighted by molar-refractivity contribution is -0.657. The maximum atomic E-state index is 13.0. The van der Waals surface area contributed by atoms with Crippen LogP contribution in [0.5, 0.6) is 0 Å². The number of aromatic amines is 1. The number of carbonyl (C=O) groups is 2. The van der Waals surface area contributed by atoms with E-state index in [0.29, 0.717) is 22.5 Å². The molecule has 0 bridgehead atoms. The molecule has 26 heavy (non-hydrogen) atoms. The molecule has 0 radical (unpaired) electrons. The van der Waals surface area contributed by atoms with Crippen LogP contribution < -0.4 is 4.57 Å². The van der Waals surface area contributed by atoms with Crippen LogP contribution in [0.4, 0.5) is 0 Å². The van der Waals surface area contributed by atoms with Crippen LogP contribution in [0, 0.1) is 13.8 Å². The Kier molecular flexibility index (Phi) is 4.75. The minimum atomic E-state index is -0.476. The van der Waals surface area contributed by atoms with Crippen molar-refractivity contribution in [3.8, 4) is 0 Å². The van der Waals surface area contributed by atoms with Gasteiger partial charge in [-0.3, -0.25) is 4.79 Å². The molecule has 3 rings (SSSR count). The SMILES string of the molecule is C=Cn1c[n+](CC(=O)c2c(C)[nH]c(C)c2C(=O)OCC)c2ccccc21. The molecule has 0 saturated heterocycles. The fourth-order valence-electron chi connectivity index (χ4n) is 3.29. The lowest BCUT2D eigenvalue weighted by Crippen LogP contribution is -2.37. The second-order valence-corrected chi connectivity index (χ2v) is 6.09. The second-order valence-electron chi connectivity index (χ2n) is 6.09. The number of benzene rings is 1. The van der Waals surface area contributed by atoms with Gasteiger partial charge in [0.1, 0.15) is 0 Å². The molecule has 0 atom stereocenters. The molecule has 0 aliphatic heterocycles. The van der Waals surface area contributed by atoms with Crippen molar-refractivity contribution in [2.45, 2.75) is 27.3 Å². The van der Waals surface area contributed by atoms with Crippen molar-refractivity contribution in [3.05, 3.63) is 59.7 Å². The van der Waals surface area contributed by atoms with E-state index >= 15 is 0 Å². The number of hydrogen-bond donors (Lipinski definition) is 1. The molecule has 1 aromatic carbocycles. The number of imidazole rings is 1. The van der Waals surface area contributed by atoms with Crippen molar-refractivity contribution >= 4 is 29.0 Å². The van der Waals surface area contributed by atoms with Crippen LogP contribution in [0.3, 0.4) is 0 Å². The quantitative estimate of drug-likeness (QED) is 0.421. The minimum Gasteiger partial charge on any atom is -0.462 e. The van der Waals surface area contributed by atoms with Gasteiger partial charge < -0.3 is 9.72 Å². The van der Waals surface area contributed by atoms with E-state index in [2.05, 4.69) is 11.6 Å². The van der Waals surface area contributed by atoms with Crippen LogP contribution in [0.15, 0.2) is 37.2 Å². The zero-order valence-electron chi connectivity index (χ0n) is 15.2. The van der Waals surface area contributed by atoms with Crippen LogP contribution in [0.25, 0.3) is 17.2 Å². The van der Waals surface area contributed by atoms with Crippen molar-refractivity contribution < 1.29 is 18.9 Å². The van der Waals surface area contributed by atoms with Gasteiger partial charge in [0.2, 0.25) is 12.1 Å². The number of carbonyl (C=O) groups excluding carboxylic acids is 2. The molecule has 0 amide bonds. The molecule has 0 saturated carbocycles. The molecule has 6 nitrogen and oxygen atoms in total. The van der Waals surface area contributed by atoms with Crippen LogP contribution in [-0.4, -0.2) is 27.9 Å². The van der Waals surface area contributed by atoms with E-state index in [4.69, 9.17) is 4.74 Å². The molecule has 0 unspecified atom stereocenters. The number of nitrogens with zero attached hydrogens (tertiary/aromatic N) is 2. The predicted molar refractivity (Wildman–Crippen MR) is 99.1 cm³/mol. The number of rotatable bonds is 6. The number of para-hydroxylation sites is 2. The first-order valence-electron chi connectivity index (χ1n) is 8.49. The molecule has 3 aromatic rings. The number of hydrogen-bond acceptors (Lipinski definition) is 3. The van der Waals surface area contributed by atoms with Gasteiger partial charge in [-0.1, -0.05) is 18.7 Å².